The molecule has 1 heterocycles. The Morgan fingerprint density at radius 2 is 1.70 bits per heavy atom. The normalized spacial score (nSPS) is 16.0. The highest BCUT2D eigenvalue weighted by atomic mass is 16.6. The zero-order valence-electron chi connectivity index (χ0n) is 19.4. The summed E-state index contributed by atoms with van der Waals surface area (Å²) in [6.07, 6.45) is 1.09. The summed E-state index contributed by atoms with van der Waals surface area (Å²) in [5.41, 5.74) is 4.96. The Hall–Kier alpha value is -2.98. The number of carboxylic acid groups (broad SMARTS) is 2. The number of carbonyl (C=O) groups excluding carboxylic acids is 2. The van der Waals surface area contributed by atoms with E-state index in [9.17, 15) is 19.2 Å². The summed E-state index contributed by atoms with van der Waals surface area (Å²) in [7, 11) is 0. The van der Waals surface area contributed by atoms with Gasteiger partial charge in [-0.15, -0.1) is 0 Å². The van der Waals surface area contributed by atoms with Gasteiger partial charge in [-0.3, -0.25) is 24.5 Å². The zero-order valence-corrected chi connectivity index (χ0v) is 19.4. The number of hydrogen-bond acceptors (Lipinski definition) is 7. The second-order valence-electron chi connectivity index (χ2n) is 8.96. The number of carboxylic acids is 2. The van der Waals surface area contributed by atoms with Crippen LogP contribution in [0.3, 0.4) is 0 Å². The molecule has 1 amide bonds. The molecule has 6 N–H and O–H groups in total. The highest BCUT2D eigenvalue weighted by Crippen LogP contribution is 2.18. The zero-order chi connectivity index (χ0) is 25.1. The predicted octanol–water partition coefficient (Wildman–Crippen LogP) is 0.930. The van der Waals surface area contributed by atoms with Gasteiger partial charge in [-0.25, -0.2) is 0 Å². The number of ether oxygens (including phenoxy) is 1. The number of esters is 1. The Labute approximate surface area is 193 Å². The van der Waals surface area contributed by atoms with Crippen LogP contribution in [0.2, 0.25) is 0 Å². The largest absolute Gasteiger partial charge is 0.481 e. The van der Waals surface area contributed by atoms with Gasteiger partial charge in [0.1, 0.15) is 11.1 Å². The fraction of sp³-hybridized carbons (Fsp3) is 0.565. The molecular weight excluding hydrogens is 430 g/mol. The van der Waals surface area contributed by atoms with Gasteiger partial charge in [0.2, 0.25) is 5.91 Å². The molecule has 0 aliphatic carbocycles. The molecule has 0 spiro atoms. The van der Waals surface area contributed by atoms with Gasteiger partial charge in [0, 0.05) is 0 Å². The van der Waals surface area contributed by atoms with Crippen molar-refractivity contribution in [3.8, 4) is 0 Å². The third-order valence-corrected chi connectivity index (χ3v) is 5.02. The fourth-order valence-corrected chi connectivity index (χ4v) is 3.34. The minimum absolute atomic E-state index is 0.000208. The van der Waals surface area contributed by atoms with Crippen molar-refractivity contribution in [3.63, 3.8) is 0 Å². The summed E-state index contributed by atoms with van der Waals surface area (Å²) < 4.78 is 5.18. The van der Waals surface area contributed by atoms with E-state index in [0.717, 1.165) is 5.56 Å². The van der Waals surface area contributed by atoms with Gasteiger partial charge in [0.05, 0.1) is 18.9 Å². The summed E-state index contributed by atoms with van der Waals surface area (Å²) in [6.45, 7) is 6.84. The van der Waals surface area contributed by atoms with Crippen LogP contribution in [0, 0.1) is 5.92 Å². The molecule has 10 heteroatoms. The van der Waals surface area contributed by atoms with Crippen LogP contribution < -0.4 is 16.4 Å². The monoisotopic (exact) mass is 465 g/mol. The molecule has 1 aromatic rings. The van der Waals surface area contributed by atoms with Crippen molar-refractivity contribution in [2.45, 2.75) is 57.6 Å². The molecule has 1 unspecified atom stereocenters. The third kappa shape index (κ3) is 10.9. The van der Waals surface area contributed by atoms with Crippen LogP contribution in [0.5, 0.6) is 0 Å². The number of benzene rings is 1. The molecule has 1 fully saturated rings. The van der Waals surface area contributed by atoms with Crippen molar-refractivity contribution in [2.24, 2.45) is 11.7 Å². The van der Waals surface area contributed by atoms with E-state index in [1.54, 1.807) is 45.0 Å². The molecule has 1 saturated heterocycles. The van der Waals surface area contributed by atoms with Gasteiger partial charge >= 0.3 is 17.9 Å². The first-order valence-corrected chi connectivity index (χ1v) is 10.8. The molecule has 0 aromatic heterocycles. The first-order chi connectivity index (χ1) is 15.3. The Bertz CT molecular complexity index is 800. The smallest absolute Gasteiger partial charge is 0.320 e. The fourth-order valence-electron chi connectivity index (χ4n) is 3.34. The van der Waals surface area contributed by atoms with E-state index in [1.807, 2.05) is 6.07 Å². The van der Waals surface area contributed by atoms with Crippen LogP contribution in [-0.2, 0) is 30.3 Å². The van der Waals surface area contributed by atoms with Crippen molar-refractivity contribution in [3.05, 3.63) is 35.9 Å². The Kier molecular flexibility index (Phi) is 11.0. The molecule has 1 aromatic carbocycles. The average molecular weight is 466 g/mol. The van der Waals surface area contributed by atoms with Crippen LogP contribution in [0.4, 0.5) is 0 Å². The van der Waals surface area contributed by atoms with Crippen LogP contribution in [0.15, 0.2) is 30.3 Å². The lowest BCUT2D eigenvalue weighted by molar-refractivity contribution is -0.154. The topological polar surface area (TPSA) is 168 Å². The van der Waals surface area contributed by atoms with Crippen LogP contribution in [0.1, 0.15) is 45.6 Å². The lowest BCUT2D eigenvalue weighted by atomic mass is 9.87. The maximum Gasteiger partial charge on any atom is 0.320 e. The Morgan fingerprint density at radius 1 is 1.12 bits per heavy atom. The molecule has 2 rings (SSSR count). The average Bonchev–Trinajstić information content (AvgIpc) is 2.72. The molecule has 0 bridgehead atoms. The number of aliphatic carboxylic acids is 2. The van der Waals surface area contributed by atoms with Crippen molar-refractivity contribution in [1.82, 2.24) is 10.6 Å². The predicted molar refractivity (Wildman–Crippen MR) is 121 cm³/mol. The van der Waals surface area contributed by atoms with Gasteiger partial charge in [0.15, 0.2) is 0 Å². The van der Waals surface area contributed by atoms with E-state index < -0.39 is 34.9 Å². The summed E-state index contributed by atoms with van der Waals surface area (Å²) in [4.78, 5) is 44.4. The minimum Gasteiger partial charge on any atom is -0.481 e. The van der Waals surface area contributed by atoms with Gasteiger partial charge in [-0.05, 0) is 58.7 Å². The Morgan fingerprint density at radius 3 is 2.15 bits per heavy atom. The minimum atomic E-state index is -1.08. The maximum atomic E-state index is 11.6. The number of hydrogen-bond donors (Lipinski definition) is 5. The van der Waals surface area contributed by atoms with Gasteiger partial charge in [0.25, 0.3) is 0 Å². The van der Waals surface area contributed by atoms with E-state index in [0.29, 0.717) is 25.9 Å². The molecule has 10 nitrogen and oxygen atoms in total. The lowest BCUT2D eigenvalue weighted by Gasteiger charge is -2.35. The summed E-state index contributed by atoms with van der Waals surface area (Å²) in [6, 6.07) is 9.01. The molecule has 0 saturated carbocycles. The van der Waals surface area contributed by atoms with E-state index in [1.165, 1.54) is 0 Å². The number of rotatable bonds is 9. The summed E-state index contributed by atoms with van der Waals surface area (Å²) in [5, 5.41) is 23.5. The standard InChI is InChI=1S/C12H23N3O3.C11H12O4/c1-11(2,3)18-9(16)8-15-12(10(13)17)4-6-14-7-5-12;12-10(13)7-9(11(14)15)6-8-4-2-1-3-5-8/h14-15H,4-8H2,1-3H3,(H2,13,17);1-5,9H,6-7H2,(H,12,13)(H,14,15). The van der Waals surface area contributed by atoms with Crippen molar-refractivity contribution in [1.29, 1.82) is 0 Å². The number of amides is 1. The quantitative estimate of drug-likeness (QED) is 0.333. The molecule has 33 heavy (non-hydrogen) atoms. The van der Waals surface area contributed by atoms with Crippen LogP contribution in [0.25, 0.3) is 0 Å². The van der Waals surface area contributed by atoms with E-state index in [-0.39, 0.29) is 25.4 Å². The van der Waals surface area contributed by atoms with Crippen molar-refractivity contribution in [2.75, 3.05) is 19.6 Å². The number of piperidine rings is 1. The first-order valence-electron chi connectivity index (χ1n) is 10.8. The van der Waals surface area contributed by atoms with Gasteiger partial charge in [-0.2, -0.15) is 0 Å². The molecule has 0 radical (unpaired) electrons. The van der Waals surface area contributed by atoms with E-state index >= 15 is 0 Å². The number of carbonyl (C=O) groups is 4. The van der Waals surface area contributed by atoms with Crippen molar-refractivity contribution >= 4 is 23.8 Å². The molecule has 1 atom stereocenters. The van der Waals surface area contributed by atoms with Crippen LogP contribution >= 0.6 is 0 Å². The lowest BCUT2D eigenvalue weighted by Crippen LogP contribution is -2.61. The second-order valence-corrected chi connectivity index (χ2v) is 8.96. The first kappa shape index (κ1) is 28.1. The van der Waals surface area contributed by atoms with Gasteiger partial charge in [-0.1, -0.05) is 30.3 Å². The summed E-state index contributed by atoms with van der Waals surface area (Å²) in [5.74, 6) is -3.79. The number of nitrogens with one attached hydrogen (secondary N) is 2. The molecule has 184 valence electrons. The van der Waals surface area contributed by atoms with Crippen LogP contribution in [-0.4, -0.2) is 64.8 Å². The summed E-state index contributed by atoms with van der Waals surface area (Å²) >= 11 is 0. The Balaban J connectivity index is 0.000000335. The number of primary amides is 1. The van der Waals surface area contributed by atoms with E-state index in [4.69, 9.17) is 20.7 Å². The molecule has 1 aliphatic heterocycles. The highest BCUT2D eigenvalue weighted by Gasteiger charge is 2.38. The second kappa shape index (κ2) is 12.9. The molecular formula is C23H35N3O7. The number of nitrogens with two attached hydrogens (primary N) is 1. The third-order valence-electron chi connectivity index (χ3n) is 5.02. The van der Waals surface area contributed by atoms with Gasteiger partial charge < -0.3 is 26.0 Å². The SMILES string of the molecule is CC(C)(C)OC(=O)CNC1(C(N)=O)CCNCC1.O=C(O)CC(Cc1ccccc1)C(=O)O. The van der Waals surface area contributed by atoms with Crippen molar-refractivity contribution < 1.29 is 34.1 Å². The van der Waals surface area contributed by atoms with E-state index in [2.05, 4.69) is 10.6 Å². The maximum absolute atomic E-state index is 11.6. The molecule has 1 aliphatic rings. The highest BCUT2D eigenvalue weighted by molar-refractivity contribution is 5.85.